The van der Waals surface area contributed by atoms with Gasteiger partial charge in [0.05, 0.1) is 0 Å². The molecule has 0 unspecified atom stereocenters. The summed E-state index contributed by atoms with van der Waals surface area (Å²) in [4.78, 5) is 13.0. The normalized spacial score (nSPS) is 24.2. The lowest BCUT2D eigenvalue weighted by atomic mass is 10.2. The first-order chi connectivity index (χ1) is 8.88. The average Bonchev–Trinajstić information content (AvgIpc) is 2.82. The third-order valence-electron chi connectivity index (χ3n) is 2.91. The van der Waals surface area contributed by atoms with E-state index in [0.29, 0.717) is 24.3 Å². The molecule has 1 fully saturated rings. The lowest BCUT2D eigenvalue weighted by Crippen LogP contribution is -2.39. The standard InChI is InChI=1S/C10H14N2O5S2/c13-10(14)9-5-8(6-11-9)19(16,17)12-7-1-3-18(15)4-2-7/h5-7,11-12H,1-4H2,(H,13,14). The summed E-state index contributed by atoms with van der Waals surface area (Å²) in [6.07, 6.45) is 2.21. The van der Waals surface area contributed by atoms with Crippen LogP contribution < -0.4 is 4.72 Å². The van der Waals surface area contributed by atoms with Crippen LogP contribution in [0.25, 0.3) is 0 Å². The van der Waals surface area contributed by atoms with E-state index in [1.807, 2.05) is 0 Å². The van der Waals surface area contributed by atoms with Crippen molar-refractivity contribution in [1.29, 1.82) is 0 Å². The Labute approximate surface area is 112 Å². The van der Waals surface area contributed by atoms with Crippen LogP contribution in [0.4, 0.5) is 0 Å². The van der Waals surface area contributed by atoms with Crippen LogP contribution in [-0.2, 0) is 20.8 Å². The highest BCUT2D eigenvalue weighted by Crippen LogP contribution is 2.15. The maximum absolute atomic E-state index is 12.0. The van der Waals surface area contributed by atoms with Gasteiger partial charge in [0.15, 0.2) is 0 Å². The lowest BCUT2D eigenvalue weighted by Gasteiger charge is -2.21. The number of hydrogen-bond acceptors (Lipinski definition) is 4. The summed E-state index contributed by atoms with van der Waals surface area (Å²) in [5.41, 5.74) is -0.176. The van der Waals surface area contributed by atoms with E-state index >= 15 is 0 Å². The summed E-state index contributed by atoms with van der Waals surface area (Å²) in [5.74, 6) is -0.240. The molecule has 1 aliphatic heterocycles. The van der Waals surface area contributed by atoms with Gasteiger partial charge in [-0.1, -0.05) is 0 Å². The molecule has 0 aliphatic carbocycles. The van der Waals surface area contributed by atoms with E-state index in [4.69, 9.17) is 5.11 Å². The Morgan fingerprint density at radius 2 is 2.05 bits per heavy atom. The second-order valence-electron chi connectivity index (χ2n) is 4.30. The topological polar surface area (TPSA) is 116 Å². The molecule has 0 aromatic carbocycles. The van der Waals surface area contributed by atoms with Gasteiger partial charge in [0.1, 0.15) is 10.6 Å². The van der Waals surface area contributed by atoms with Crippen molar-refractivity contribution >= 4 is 26.8 Å². The quantitative estimate of drug-likeness (QED) is 0.718. The molecule has 1 aliphatic rings. The third-order valence-corrected chi connectivity index (χ3v) is 5.79. The van der Waals surface area contributed by atoms with Crippen molar-refractivity contribution in [3.63, 3.8) is 0 Å². The van der Waals surface area contributed by atoms with Crippen molar-refractivity contribution in [2.45, 2.75) is 23.8 Å². The van der Waals surface area contributed by atoms with E-state index in [-0.39, 0.29) is 16.6 Å². The minimum absolute atomic E-state index is 0.100. The predicted molar refractivity (Wildman–Crippen MR) is 69.0 cm³/mol. The summed E-state index contributed by atoms with van der Waals surface area (Å²) >= 11 is 0. The summed E-state index contributed by atoms with van der Waals surface area (Å²) in [7, 11) is -4.59. The van der Waals surface area contributed by atoms with Gasteiger partial charge in [0.2, 0.25) is 10.0 Å². The van der Waals surface area contributed by atoms with Gasteiger partial charge in [-0.25, -0.2) is 17.9 Å². The number of sulfonamides is 1. The monoisotopic (exact) mass is 306 g/mol. The van der Waals surface area contributed by atoms with Crippen molar-refractivity contribution in [2.75, 3.05) is 11.5 Å². The molecule has 0 amide bonds. The fourth-order valence-corrected chi connectivity index (χ4v) is 4.45. The maximum atomic E-state index is 12.0. The first kappa shape index (κ1) is 14.2. The number of rotatable bonds is 4. The lowest BCUT2D eigenvalue weighted by molar-refractivity contribution is 0.0691. The van der Waals surface area contributed by atoms with Crippen LogP contribution in [0.3, 0.4) is 0 Å². The summed E-state index contributed by atoms with van der Waals surface area (Å²) in [6, 6.07) is 0.830. The number of hydrogen-bond donors (Lipinski definition) is 3. The van der Waals surface area contributed by atoms with Crippen molar-refractivity contribution < 1.29 is 22.5 Å². The van der Waals surface area contributed by atoms with Crippen LogP contribution in [0.5, 0.6) is 0 Å². The summed E-state index contributed by atoms with van der Waals surface area (Å²) in [5, 5.41) is 8.73. The highest BCUT2D eigenvalue weighted by Gasteiger charge is 2.25. The molecule has 1 saturated heterocycles. The van der Waals surface area contributed by atoms with E-state index in [0.717, 1.165) is 12.3 Å². The van der Waals surface area contributed by atoms with Gasteiger partial charge in [-0.3, -0.25) is 4.21 Å². The van der Waals surface area contributed by atoms with Crippen molar-refractivity contribution in [1.82, 2.24) is 9.71 Å². The molecule has 2 heterocycles. The van der Waals surface area contributed by atoms with E-state index < -0.39 is 26.8 Å². The molecular weight excluding hydrogens is 292 g/mol. The molecule has 0 saturated carbocycles. The molecule has 0 bridgehead atoms. The number of carboxylic acids is 1. The number of H-pyrrole nitrogens is 1. The number of aromatic nitrogens is 1. The van der Waals surface area contributed by atoms with E-state index in [1.54, 1.807) is 0 Å². The van der Waals surface area contributed by atoms with Gasteiger partial charge in [-0.2, -0.15) is 0 Å². The Balaban J connectivity index is 2.09. The smallest absolute Gasteiger partial charge is 0.352 e. The van der Waals surface area contributed by atoms with Crippen LogP contribution in [0.1, 0.15) is 23.3 Å². The maximum Gasteiger partial charge on any atom is 0.352 e. The number of nitrogens with one attached hydrogen (secondary N) is 2. The Bertz CT molecular complexity index is 597. The molecule has 0 spiro atoms. The number of aromatic carboxylic acids is 1. The third kappa shape index (κ3) is 3.43. The molecule has 3 N–H and O–H groups in total. The van der Waals surface area contributed by atoms with Gasteiger partial charge >= 0.3 is 5.97 Å². The molecule has 0 radical (unpaired) electrons. The molecule has 1 aromatic heterocycles. The van der Waals surface area contributed by atoms with Gasteiger partial charge in [-0.15, -0.1) is 0 Å². The van der Waals surface area contributed by atoms with Crippen LogP contribution in [-0.4, -0.2) is 46.2 Å². The SMILES string of the molecule is O=C(O)c1cc(S(=O)(=O)NC2CCS(=O)CC2)c[nH]1. The van der Waals surface area contributed by atoms with Crippen LogP contribution >= 0.6 is 0 Å². The highest BCUT2D eigenvalue weighted by atomic mass is 32.2. The minimum atomic E-state index is -3.73. The first-order valence-corrected chi connectivity index (χ1v) is 8.64. The van der Waals surface area contributed by atoms with Crippen LogP contribution in [0.15, 0.2) is 17.2 Å². The Morgan fingerprint density at radius 3 is 2.58 bits per heavy atom. The number of aromatic amines is 1. The Kier molecular flexibility index (Phi) is 4.07. The van der Waals surface area contributed by atoms with E-state index in [9.17, 15) is 17.4 Å². The molecule has 7 nitrogen and oxygen atoms in total. The van der Waals surface area contributed by atoms with Gasteiger partial charge < -0.3 is 10.1 Å². The molecular formula is C10H14N2O5S2. The van der Waals surface area contributed by atoms with Crippen molar-refractivity contribution in [2.24, 2.45) is 0 Å². The van der Waals surface area contributed by atoms with E-state index in [1.165, 1.54) is 0 Å². The largest absolute Gasteiger partial charge is 0.477 e. The molecule has 2 rings (SSSR count). The Hall–Kier alpha value is -1.19. The second kappa shape index (κ2) is 5.43. The van der Waals surface area contributed by atoms with Crippen molar-refractivity contribution in [3.05, 3.63) is 18.0 Å². The molecule has 0 atom stereocenters. The molecule has 19 heavy (non-hydrogen) atoms. The first-order valence-electron chi connectivity index (χ1n) is 5.67. The fraction of sp³-hybridized carbons (Fsp3) is 0.500. The summed E-state index contributed by atoms with van der Waals surface area (Å²) in [6.45, 7) is 0. The van der Waals surface area contributed by atoms with Crippen LogP contribution in [0.2, 0.25) is 0 Å². The average molecular weight is 306 g/mol. The number of carboxylic acid groups (broad SMARTS) is 1. The Morgan fingerprint density at radius 1 is 1.42 bits per heavy atom. The highest BCUT2D eigenvalue weighted by molar-refractivity contribution is 7.89. The molecule has 9 heteroatoms. The predicted octanol–water partition coefficient (Wildman–Crippen LogP) is -0.0977. The van der Waals surface area contributed by atoms with Crippen LogP contribution in [0, 0.1) is 0 Å². The molecule has 1 aromatic rings. The van der Waals surface area contributed by atoms with E-state index in [2.05, 4.69) is 9.71 Å². The zero-order chi connectivity index (χ0) is 14.0. The zero-order valence-corrected chi connectivity index (χ0v) is 11.6. The zero-order valence-electron chi connectivity index (χ0n) is 9.96. The minimum Gasteiger partial charge on any atom is -0.477 e. The van der Waals surface area contributed by atoms with Gasteiger partial charge in [-0.05, 0) is 18.9 Å². The van der Waals surface area contributed by atoms with Gasteiger partial charge in [0, 0.05) is 34.5 Å². The summed E-state index contributed by atoms with van der Waals surface area (Å²) < 4.78 is 37.7. The van der Waals surface area contributed by atoms with Gasteiger partial charge in [0.25, 0.3) is 0 Å². The second-order valence-corrected chi connectivity index (χ2v) is 7.71. The molecule has 106 valence electrons. The van der Waals surface area contributed by atoms with Crippen molar-refractivity contribution in [3.8, 4) is 0 Å². The number of carbonyl (C=O) groups is 1. The fourth-order valence-electron chi connectivity index (χ4n) is 1.85.